The van der Waals surface area contributed by atoms with Gasteiger partial charge in [-0.25, -0.2) is 0 Å². The highest BCUT2D eigenvalue weighted by atomic mass is 79.9. The number of nitrogens with one attached hydrogen (secondary N) is 1. The zero-order valence-electron chi connectivity index (χ0n) is 10.2. The average Bonchev–Trinajstić information content (AvgIpc) is 2.39. The Labute approximate surface area is 122 Å². The van der Waals surface area contributed by atoms with E-state index in [0.717, 1.165) is 5.56 Å². The molecule has 1 N–H and O–H groups in total. The zero-order valence-corrected chi connectivity index (χ0v) is 11.8. The highest BCUT2D eigenvalue weighted by Crippen LogP contribution is 2.32. The number of halogens is 4. The largest absolute Gasteiger partial charge is 0.573 e. The first kappa shape index (κ1) is 14.7. The van der Waals surface area contributed by atoms with E-state index in [1.165, 1.54) is 12.1 Å². The van der Waals surface area contributed by atoms with E-state index in [2.05, 4.69) is 26.0 Å². The van der Waals surface area contributed by atoms with Gasteiger partial charge in [-0.2, -0.15) is 0 Å². The Balaban J connectivity index is 2.02. The lowest BCUT2D eigenvalue weighted by Crippen LogP contribution is -2.17. The van der Waals surface area contributed by atoms with Gasteiger partial charge in [-0.05, 0) is 39.7 Å². The molecule has 2 rings (SSSR count). The van der Waals surface area contributed by atoms with Gasteiger partial charge in [0, 0.05) is 12.2 Å². The van der Waals surface area contributed by atoms with Crippen LogP contribution in [0.3, 0.4) is 0 Å². The molecule has 0 fully saturated rings. The molecule has 0 saturated heterocycles. The first-order chi connectivity index (χ1) is 9.44. The maximum Gasteiger partial charge on any atom is 0.573 e. The Morgan fingerprint density at radius 2 is 1.75 bits per heavy atom. The van der Waals surface area contributed by atoms with E-state index in [1.54, 1.807) is 6.07 Å². The Hall–Kier alpha value is -1.69. The summed E-state index contributed by atoms with van der Waals surface area (Å²) in [4.78, 5) is 0. The summed E-state index contributed by atoms with van der Waals surface area (Å²) in [6.45, 7) is 0.590. The lowest BCUT2D eigenvalue weighted by Gasteiger charge is -2.12. The number of anilines is 1. The maximum atomic E-state index is 12.1. The molecular formula is C14H11BrF3NO. The van der Waals surface area contributed by atoms with Crippen LogP contribution in [-0.4, -0.2) is 6.36 Å². The van der Waals surface area contributed by atoms with Crippen LogP contribution in [0.25, 0.3) is 0 Å². The molecule has 106 valence electrons. The molecule has 0 radical (unpaired) electrons. The van der Waals surface area contributed by atoms with Crippen molar-refractivity contribution in [3.05, 3.63) is 58.6 Å². The monoisotopic (exact) mass is 345 g/mol. The fraction of sp³-hybridized carbons (Fsp3) is 0.143. The van der Waals surface area contributed by atoms with Gasteiger partial charge in [-0.15, -0.1) is 13.2 Å². The SMILES string of the molecule is FC(F)(F)Oc1ccc(NCc2ccccc2)cc1Br. The minimum Gasteiger partial charge on any atom is -0.405 e. The predicted octanol–water partition coefficient (Wildman–Crippen LogP) is 4.96. The van der Waals surface area contributed by atoms with Crippen molar-refractivity contribution in [1.82, 2.24) is 0 Å². The van der Waals surface area contributed by atoms with Gasteiger partial charge < -0.3 is 10.1 Å². The van der Waals surface area contributed by atoms with Crippen molar-refractivity contribution in [3.8, 4) is 5.75 Å². The van der Waals surface area contributed by atoms with Crippen molar-refractivity contribution in [2.75, 3.05) is 5.32 Å². The second-order valence-electron chi connectivity index (χ2n) is 4.03. The van der Waals surface area contributed by atoms with Crippen molar-refractivity contribution < 1.29 is 17.9 Å². The molecule has 6 heteroatoms. The van der Waals surface area contributed by atoms with Crippen LogP contribution in [0.5, 0.6) is 5.75 Å². The van der Waals surface area contributed by atoms with Gasteiger partial charge in [0.1, 0.15) is 5.75 Å². The Morgan fingerprint density at radius 1 is 1.05 bits per heavy atom. The minimum atomic E-state index is -4.69. The molecule has 2 nitrogen and oxygen atoms in total. The highest BCUT2D eigenvalue weighted by Gasteiger charge is 2.31. The maximum absolute atomic E-state index is 12.1. The highest BCUT2D eigenvalue weighted by molar-refractivity contribution is 9.10. The van der Waals surface area contributed by atoms with Crippen molar-refractivity contribution in [3.63, 3.8) is 0 Å². The molecule has 0 saturated carbocycles. The topological polar surface area (TPSA) is 21.3 Å². The lowest BCUT2D eigenvalue weighted by molar-refractivity contribution is -0.274. The van der Waals surface area contributed by atoms with Gasteiger partial charge in [0.15, 0.2) is 0 Å². The average molecular weight is 346 g/mol. The first-order valence-corrected chi connectivity index (χ1v) is 6.56. The number of hydrogen-bond acceptors (Lipinski definition) is 2. The molecule has 2 aromatic rings. The van der Waals surface area contributed by atoms with Crippen molar-refractivity contribution >= 4 is 21.6 Å². The van der Waals surface area contributed by atoms with Crippen molar-refractivity contribution in [2.45, 2.75) is 12.9 Å². The van der Waals surface area contributed by atoms with Gasteiger partial charge in [0.2, 0.25) is 0 Å². The summed E-state index contributed by atoms with van der Waals surface area (Å²) in [5.74, 6) is -0.261. The molecule has 0 aromatic heterocycles. The normalized spacial score (nSPS) is 11.2. The summed E-state index contributed by atoms with van der Waals surface area (Å²) in [6.07, 6.45) is -4.69. The fourth-order valence-corrected chi connectivity index (χ4v) is 2.08. The van der Waals surface area contributed by atoms with E-state index >= 15 is 0 Å². The Kier molecular flexibility index (Phi) is 4.54. The fourth-order valence-electron chi connectivity index (χ4n) is 1.62. The van der Waals surface area contributed by atoms with Crippen molar-refractivity contribution in [2.24, 2.45) is 0 Å². The van der Waals surface area contributed by atoms with Crippen molar-refractivity contribution in [1.29, 1.82) is 0 Å². The van der Waals surface area contributed by atoms with Crippen LogP contribution in [0.1, 0.15) is 5.56 Å². The van der Waals surface area contributed by atoms with Crippen LogP contribution in [0.15, 0.2) is 53.0 Å². The summed E-state index contributed by atoms with van der Waals surface area (Å²) in [7, 11) is 0. The Morgan fingerprint density at radius 3 is 2.35 bits per heavy atom. The second-order valence-corrected chi connectivity index (χ2v) is 4.89. The first-order valence-electron chi connectivity index (χ1n) is 5.77. The van der Waals surface area contributed by atoms with E-state index in [0.29, 0.717) is 12.2 Å². The van der Waals surface area contributed by atoms with E-state index in [-0.39, 0.29) is 10.2 Å². The van der Waals surface area contributed by atoms with Crippen LogP contribution in [0, 0.1) is 0 Å². The minimum absolute atomic E-state index is 0.243. The molecule has 0 unspecified atom stereocenters. The van der Waals surface area contributed by atoms with Gasteiger partial charge in [0.25, 0.3) is 0 Å². The number of alkyl halides is 3. The van der Waals surface area contributed by atoms with Crippen LogP contribution in [0.2, 0.25) is 0 Å². The quantitative estimate of drug-likeness (QED) is 0.845. The number of hydrogen-bond donors (Lipinski definition) is 1. The molecule has 0 amide bonds. The summed E-state index contributed by atoms with van der Waals surface area (Å²) in [5.41, 5.74) is 1.79. The van der Waals surface area contributed by atoms with E-state index in [9.17, 15) is 13.2 Å². The van der Waals surface area contributed by atoms with Gasteiger partial charge in [0.05, 0.1) is 4.47 Å². The summed E-state index contributed by atoms with van der Waals surface area (Å²) < 4.78 is 40.5. The molecule has 0 bridgehead atoms. The summed E-state index contributed by atoms with van der Waals surface area (Å²) in [6, 6.07) is 14.0. The number of rotatable bonds is 4. The molecule has 0 atom stereocenters. The van der Waals surface area contributed by atoms with Gasteiger partial charge in [-0.3, -0.25) is 0 Å². The van der Waals surface area contributed by atoms with E-state index in [4.69, 9.17) is 0 Å². The second kappa shape index (κ2) is 6.17. The summed E-state index contributed by atoms with van der Waals surface area (Å²) >= 11 is 3.06. The molecule has 0 spiro atoms. The van der Waals surface area contributed by atoms with Gasteiger partial charge >= 0.3 is 6.36 Å². The number of ether oxygens (including phenoxy) is 1. The molecule has 0 aliphatic carbocycles. The van der Waals surface area contributed by atoms with Crippen LogP contribution in [0.4, 0.5) is 18.9 Å². The smallest absolute Gasteiger partial charge is 0.405 e. The van der Waals surface area contributed by atoms with Crippen LogP contribution in [-0.2, 0) is 6.54 Å². The third kappa shape index (κ3) is 4.45. The predicted molar refractivity (Wildman–Crippen MR) is 74.6 cm³/mol. The molecule has 0 aliphatic rings. The third-order valence-electron chi connectivity index (χ3n) is 2.50. The molecule has 2 aromatic carbocycles. The number of benzene rings is 2. The Bertz CT molecular complexity index is 572. The molecular weight excluding hydrogens is 335 g/mol. The zero-order chi connectivity index (χ0) is 14.6. The van der Waals surface area contributed by atoms with Gasteiger partial charge in [-0.1, -0.05) is 30.3 Å². The molecule has 20 heavy (non-hydrogen) atoms. The van der Waals surface area contributed by atoms with E-state index < -0.39 is 6.36 Å². The van der Waals surface area contributed by atoms with Crippen LogP contribution < -0.4 is 10.1 Å². The van der Waals surface area contributed by atoms with Crippen LogP contribution >= 0.6 is 15.9 Å². The lowest BCUT2D eigenvalue weighted by atomic mass is 10.2. The molecule has 0 heterocycles. The standard InChI is InChI=1S/C14H11BrF3NO/c15-12-8-11(6-7-13(12)20-14(16,17)18)19-9-10-4-2-1-3-5-10/h1-8,19H,9H2. The molecule has 0 aliphatic heterocycles. The summed E-state index contributed by atoms with van der Waals surface area (Å²) in [5, 5.41) is 3.13. The van der Waals surface area contributed by atoms with E-state index in [1.807, 2.05) is 30.3 Å². The third-order valence-corrected chi connectivity index (χ3v) is 3.12.